The van der Waals surface area contributed by atoms with Crippen LogP contribution in [-0.2, 0) is 16.8 Å². The van der Waals surface area contributed by atoms with Gasteiger partial charge in [-0.25, -0.2) is 0 Å². The smallest absolute Gasteiger partial charge is 0.244 e. The van der Waals surface area contributed by atoms with Crippen molar-refractivity contribution < 1.29 is 4.79 Å². The van der Waals surface area contributed by atoms with Crippen molar-refractivity contribution in [2.75, 3.05) is 18.0 Å². The molecule has 1 amide bonds. The lowest BCUT2D eigenvalue weighted by atomic mass is 9.87. The molecular weight excluding hydrogens is 320 g/mol. The maximum Gasteiger partial charge on any atom is 0.244 e. The number of amides is 1. The van der Waals surface area contributed by atoms with Gasteiger partial charge < -0.3 is 4.90 Å². The van der Waals surface area contributed by atoms with E-state index < -0.39 is 0 Å². The third-order valence-electron chi connectivity index (χ3n) is 5.30. The van der Waals surface area contributed by atoms with Crippen molar-refractivity contribution in [1.29, 1.82) is 0 Å². The zero-order valence-corrected chi connectivity index (χ0v) is 16.6. The summed E-state index contributed by atoms with van der Waals surface area (Å²) >= 11 is 0. The summed E-state index contributed by atoms with van der Waals surface area (Å²) in [7, 11) is 0. The van der Waals surface area contributed by atoms with Crippen molar-refractivity contribution in [2.24, 2.45) is 0 Å². The zero-order valence-electron chi connectivity index (χ0n) is 16.6. The Balaban J connectivity index is 1.71. The van der Waals surface area contributed by atoms with Gasteiger partial charge in [-0.1, -0.05) is 62.7 Å². The Morgan fingerprint density at radius 2 is 1.73 bits per heavy atom. The van der Waals surface area contributed by atoms with Gasteiger partial charge in [-0.15, -0.1) is 0 Å². The number of nitrogens with zero attached hydrogens (tertiary/aromatic N) is 2. The molecule has 0 N–H and O–H groups in total. The Hall–Kier alpha value is -2.13. The maximum absolute atomic E-state index is 13.0. The molecule has 3 nitrogen and oxygen atoms in total. The number of piperazine rings is 1. The van der Waals surface area contributed by atoms with Gasteiger partial charge in [-0.3, -0.25) is 9.69 Å². The van der Waals surface area contributed by atoms with Crippen LogP contribution in [0.4, 0.5) is 5.69 Å². The topological polar surface area (TPSA) is 23.6 Å². The Labute approximate surface area is 157 Å². The van der Waals surface area contributed by atoms with Crippen LogP contribution in [0.1, 0.15) is 44.4 Å². The van der Waals surface area contributed by atoms with Gasteiger partial charge in [0, 0.05) is 25.3 Å². The van der Waals surface area contributed by atoms with Gasteiger partial charge in [0.05, 0.1) is 6.04 Å². The Morgan fingerprint density at radius 3 is 2.35 bits per heavy atom. The molecule has 1 heterocycles. The predicted octanol–water partition coefficient (Wildman–Crippen LogP) is 4.53. The highest BCUT2D eigenvalue weighted by Crippen LogP contribution is 2.27. The molecular formula is C23H30N2O. The summed E-state index contributed by atoms with van der Waals surface area (Å²) in [5, 5.41) is 0. The van der Waals surface area contributed by atoms with Crippen molar-refractivity contribution >= 4 is 11.6 Å². The average molecular weight is 351 g/mol. The largest absolute Gasteiger partial charge is 0.310 e. The number of anilines is 1. The third-order valence-corrected chi connectivity index (χ3v) is 5.30. The first-order chi connectivity index (χ1) is 12.3. The van der Waals surface area contributed by atoms with Gasteiger partial charge in [-0.2, -0.15) is 0 Å². The van der Waals surface area contributed by atoms with E-state index in [1.165, 1.54) is 16.7 Å². The van der Waals surface area contributed by atoms with Crippen LogP contribution in [0.2, 0.25) is 0 Å². The van der Waals surface area contributed by atoms with Crippen LogP contribution in [0.3, 0.4) is 0 Å². The fraction of sp³-hybridized carbons (Fsp3) is 0.435. The van der Waals surface area contributed by atoms with Crippen molar-refractivity contribution in [3.63, 3.8) is 0 Å². The van der Waals surface area contributed by atoms with Gasteiger partial charge in [0.1, 0.15) is 0 Å². The van der Waals surface area contributed by atoms with E-state index in [0.29, 0.717) is 0 Å². The normalized spacial score (nSPS) is 19.0. The van der Waals surface area contributed by atoms with Crippen molar-refractivity contribution in [3.8, 4) is 0 Å². The Bertz CT molecular complexity index is 774. The second kappa shape index (κ2) is 7.24. The number of hydrogen-bond donors (Lipinski definition) is 0. The number of benzene rings is 2. The summed E-state index contributed by atoms with van der Waals surface area (Å²) in [6.07, 6.45) is 0. The van der Waals surface area contributed by atoms with E-state index in [-0.39, 0.29) is 17.4 Å². The highest BCUT2D eigenvalue weighted by Gasteiger charge is 2.32. The monoisotopic (exact) mass is 350 g/mol. The van der Waals surface area contributed by atoms with E-state index in [1.807, 2.05) is 11.8 Å². The summed E-state index contributed by atoms with van der Waals surface area (Å²) in [5.41, 5.74) is 4.96. The van der Waals surface area contributed by atoms with Gasteiger partial charge in [0.2, 0.25) is 5.91 Å². The molecule has 1 atom stereocenters. The molecule has 138 valence electrons. The van der Waals surface area contributed by atoms with E-state index in [4.69, 9.17) is 0 Å². The zero-order chi connectivity index (χ0) is 18.9. The highest BCUT2D eigenvalue weighted by atomic mass is 16.2. The molecule has 0 aliphatic carbocycles. The molecule has 3 heteroatoms. The molecule has 3 rings (SSSR count). The van der Waals surface area contributed by atoms with Crippen molar-refractivity contribution in [2.45, 2.75) is 52.6 Å². The second-order valence-corrected chi connectivity index (χ2v) is 8.42. The number of rotatable bonds is 3. The first kappa shape index (κ1) is 18.7. The quantitative estimate of drug-likeness (QED) is 0.812. The van der Waals surface area contributed by atoms with Crippen molar-refractivity contribution in [1.82, 2.24) is 4.90 Å². The summed E-state index contributed by atoms with van der Waals surface area (Å²) in [5.74, 6) is 0.187. The SMILES string of the molecule is Cc1cccc(CN2CCN(c3ccc(C(C)(C)C)cc3)C(=O)C2C)c1. The molecule has 1 saturated heterocycles. The molecule has 26 heavy (non-hydrogen) atoms. The van der Waals surface area contributed by atoms with Gasteiger partial charge in [0.25, 0.3) is 0 Å². The van der Waals surface area contributed by atoms with Gasteiger partial charge >= 0.3 is 0 Å². The van der Waals surface area contributed by atoms with E-state index >= 15 is 0 Å². The van der Waals surface area contributed by atoms with Crippen LogP contribution in [0.5, 0.6) is 0 Å². The lowest BCUT2D eigenvalue weighted by molar-refractivity contribution is -0.125. The molecule has 2 aromatic carbocycles. The molecule has 0 spiro atoms. The van der Waals surface area contributed by atoms with Crippen LogP contribution >= 0.6 is 0 Å². The third kappa shape index (κ3) is 3.99. The van der Waals surface area contributed by atoms with Crippen LogP contribution in [-0.4, -0.2) is 29.9 Å². The summed E-state index contributed by atoms with van der Waals surface area (Å²) in [6.45, 7) is 13.2. The Morgan fingerprint density at radius 1 is 1.04 bits per heavy atom. The lowest BCUT2D eigenvalue weighted by Crippen LogP contribution is -2.55. The lowest BCUT2D eigenvalue weighted by Gasteiger charge is -2.39. The standard InChI is InChI=1S/C23H30N2O/c1-17-7-6-8-19(15-17)16-24-13-14-25(22(26)18(24)2)21-11-9-20(10-12-21)23(3,4)5/h6-12,15,18H,13-14,16H2,1-5H3. The van der Waals surface area contributed by atoms with Crippen LogP contribution < -0.4 is 4.90 Å². The van der Waals surface area contributed by atoms with E-state index in [9.17, 15) is 4.79 Å². The first-order valence-electron chi connectivity index (χ1n) is 9.47. The fourth-order valence-electron chi connectivity index (χ4n) is 3.57. The molecule has 2 aromatic rings. The summed E-state index contributed by atoms with van der Waals surface area (Å²) in [4.78, 5) is 17.2. The van der Waals surface area contributed by atoms with E-state index in [0.717, 1.165) is 25.3 Å². The minimum Gasteiger partial charge on any atom is -0.310 e. The molecule has 0 saturated carbocycles. The minimum absolute atomic E-state index is 0.105. The van der Waals surface area contributed by atoms with E-state index in [2.05, 4.69) is 81.1 Å². The van der Waals surface area contributed by atoms with Crippen LogP contribution in [0.25, 0.3) is 0 Å². The second-order valence-electron chi connectivity index (χ2n) is 8.42. The number of carbonyl (C=O) groups excluding carboxylic acids is 1. The van der Waals surface area contributed by atoms with E-state index in [1.54, 1.807) is 0 Å². The molecule has 1 aliphatic rings. The van der Waals surface area contributed by atoms with Crippen LogP contribution in [0, 0.1) is 6.92 Å². The first-order valence-corrected chi connectivity index (χ1v) is 9.47. The van der Waals surface area contributed by atoms with Crippen LogP contribution in [0.15, 0.2) is 48.5 Å². The number of carbonyl (C=O) groups is 1. The fourth-order valence-corrected chi connectivity index (χ4v) is 3.57. The summed E-state index contributed by atoms with van der Waals surface area (Å²) < 4.78 is 0. The highest BCUT2D eigenvalue weighted by molar-refractivity contribution is 5.97. The molecule has 0 radical (unpaired) electrons. The van der Waals surface area contributed by atoms with Crippen molar-refractivity contribution in [3.05, 3.63) is 65.2 Å². The predicted molar refractivity (Wildman–Crippen MR) is 109 cm³/mol. The Kier molecular flexibility index (Phi) is 5.19. The minimum atomic E-state index is -0.105. The molecule has 0 aromatic heterocycles. The number of hydrogen-bond acceptors (Lipinski definition) is 2. The van der Waals surface area contributed by atoms with Gasteiger partial charge in [-0.05, 0) is 42.5 Å². The molecule has 1 unspecified atom stereocenters. The maximum atomic E-state index is 13.0. The molecule has 0 bridgehead atoms. The molecule has 1 fully saturated rings. The average Bonchev–Trinajstić information content (AvgIpc) is 2.59. The molecule has 1 aliphatic heterocycles. The van der Waals surface area contributed by atoms with Gasteiger partial charge in [0.15, 0.2) is 0 Å². The number of aryl methyl sites for hydroxylation is 1. The summed E-state index contributed by atoms with van der Waals surface area (Å²) in [6, 6.07) is 16.9.